The van der Waals surface area contributed by atoms with Crippen LogP contribution in [-0.2, 0) is 11.3 Å². The largest absolute Gasteiger partial charge is 0.480 e. The first kappa shape index (κ1) is 11.6. The van der Waals surface area contributed by atoms with Crippen LogP contribution in [0.25, 0.3) is 0 Å². The molecule has 1 heterocycles. The zero-order valence-corrected chi connectivity index (χ0v) is 8.02. The molecule has 1 aromatic heterocycles. The summed E-state index contributed by atoms with van der Waals surface area (Å²) in [4.78, 5) is 14.1. The molecule has 0 spiro atoms. The van der Waals surface area contributed by atoms with Crippen LogP contribution in [0.1, 0.15) is 19.3 Å². The second-order valence-electron chi connectivity index (χ2n) is 2.97. The molecule has 0 aliphatic heterocycles. The van der Waals surface area contributed by atoms with E-state index >= 15 is 0 Å². The van der Waals surface area contributed by atoms with Crippen molar-refractivity contribution < 1.29 is 18.7 Å². The van der Waals surface area contributed by atoms with Crippen LogP contribution in [-0.4, -0.2) is 26.7 Å². The Morgan fingerprint density at radius 2 is 2.40 bits per heavy atom. The highest BCUT2D eigenvalue weighted by Gasteiger charge is 2.14. The SMILES string of the molecule is C[C@H](NCc1nccn1C(F)F)C(=O)O. The average Bonchev–Trinajstić information content (AvgIpc) is 2.61. The fourth-order valence-corrected chi connectivity index (χ4v) is 0.990. The Labute approximate surface area is 84.7 Å². The quantitative estimate of drug-likeness (QED) is 0.770. The molecule has 7 heteroatoms. The van der Waals surface area contributed by atoms with E-state index in [0.29, 0.717) is 4.57 Å². The van der Waals surface area contributed by atoms with Gasteiger partial charge in [-0.2, -0.15) is 8.78 Å². The average molecular weight is 219 g/mol. The highest BCUT2D eigenvalue weighted by Crippen LogP contribution is 2.11. The lowest BCUT2D eigenvalue weighted by Gasteiger charge is -2.10. The Kier molecular flexibility index (Phi) is 3.73. The third-order valence-corrected chi connectivity index (χ3v) is 1.90. The van der Waals surface area contributed by atoms with Gasteiger partial charge in [0.2, 0.25) is 0 Å². The highest BCUT2D eigenvalue weighted by atomic mass is 19.3. The maximum absolute atomic E-state index is 12.3. The summed E-state index contributed by atoms with van der Waals surface area (Å²) in [5.41, 5.74) is 0. The van der Waals surface area contributed by atoms with Gasteiger partial charge in [0.25, 0.3) is 0 Å². The number of carboxylic acids is 1. The van der Waals surface area contributed by atoms with Crippen LogP contribution in [0.5, 0.6) is 0 Å². The second-order valence-corrected chi connectivity index (χ2v) is 2.97. The van der Waals surface area contributed by atoms with Crippen molar-refractivity contribution in [3.8, 4) is 0 Å². The van der Waals surface area contributed by atoms with Gasteiger partial charge in [0.1, 0.15) is 11.9 Å². The predicted molar refractivity (Wildman–Crippen MR) is 47.4 cm³/mol. The first-order valence-electron chi connectivity index (χ1n) is 4.28. The van der Waals surface area contributed by atoms with E-state index in [1.54, 1.807) is 0 Å². The van der Waals surface area contributed by atoms with E-state index in [1.807, 2.05) is 0 Å². The molecule has 0 unspecified atom stereocenters. The molecule has 0 amide bonds. The van der Waals surface area contributed by atoms with Crippen molar-refractivity contribution in [2.75, 3.05) is 0 Å². The van der Waals surface area contributed by atoms with Crippen LogP contribution in [0.4, 0.5) is 8.78 Å². The molecule has 0 aliphatic carbocycles. The molecule has 2 N–H and O–H groups in total. The molecule has 0 aromatic carbocycles. The molecule has 15 heavy (non-hydrogen) atoms. The van der Waals surface area contributed by atoms with Crippen molar-refractivity contribution in [2.45, 2.75) is 26.1 Å². The first-order chi connectivity index (χ1) is 7.02. The molecule has 0 saturated carbocycles. The number of halogens is 2. The van der Waals surface area contributed by atoms with Crippen LogP contribution >= 0.6 is 0 Å². The minimum atomic E-state index is -2.66. The molecule has 0 aliphatic rings. The lowest BCUT2D eigenvalue weighted by atomic mass is 10.3. The van der Waals surface area contributed by atoms with Gasteiger partial charge in [-0.05, 0) is 6.92 Å². The Bertz CT molecular complexity index is 340. The molecule has 1 rings (SSSR count). The minimum absolute atomic E-state index is 0.00912. The number of rotatable bonds is 5. The van der Waals surface area contributed by atoms with Crippen LogP contribution in [0.3, 0.4) is 0 Å². The van der Waals surface area contributed by atoms with E-state index in [9.17, 15) is 13.6 Å². The Morgan fingerprint density at radius 1 is 1.73 bits per heavy atom. The van der Waals surface area contributed by atoms with E-state index in [4.69, 9.17) is 5.11 Å². The van der Waals surface area contributed by atoms with Crippen LogP contribution < -0.4 is 5.32 Å². The van der Waals surface area contributed by atoms with E-state index in [1.165, 1.54) is 13.1 Å². The number of nitrogens with zero attached hydrogens (tertiary/aromatic N) is 2. The fraction of sp³-hybridized carbons (Fsp3) is 0.500. The maximum atomic E-state index is 12.3. The Balaban J connectivity index is 2.57. The third kappa shape index (κ3) is 2.98. The summed E-state index contributed by atoms with van der Waals surface area (Å²) in [5, 5.41) is 11.1. The van der Waals surface area contributed by atoms with Gasteiger partial charge in [-0.15, -0.1) is 0 Å². The lowest BCUT2D eigenvalue weighted by Crippen LogP contribution is -2.34. The van der Waals surface area contributed by atoms with Crippen molar-refractivity contribution in [3.63, 3.8) is 0 Å². The maximum Gasteiger partial charge on any atom is 0.320 e. The van der Waals surface area contributed by atoms with Crippen molar-refractivity contribution in [1.29, 1.82) is 0 Å². The summed E-state index contributed by atoms with van der Waals surface area (Å²) in [6.45, 7) is -1.24. The molecule has 1 atom stereocenters. The summed E-state index contributed by atoms with van der Waals surface area (Å²) in [7, 11) is 0. The summed E-state index contributed by atoms with van der Waals surface area (Å²) in [6, 6.07) is -0.798. The van der Waals surface area contributed by atoms with Gasteiger partial charge in [0.05, 0.1) is 6.54 Å². The van der Waals surface area contributed by atoms with Gasteiger partial charge in [-0.3, -0.25) is 14.7 Å². The van der Waals surface area contributed by atoms with E-state index in [0.717, 1.165) is 6.20 Å². The van der Waals surface area contributed by atoms with Gasteiger partial charge in [0, 0.05) is 12.4 Å². The van der Waals surface area contributed by atoms with Gasteiger partial charge in [-0.25, -0.2) is 4.98 Å². The highest BCUT2D eigenvalue weighted by molar-refractivity contribution is 5.72. The first-order valence-corrected chi connectivity index (χ1v) is 4.28. The third-order valence-electron chi connectivity index (χ3n) is 1.90. The normalized spacial score (nSPS) is 13.1. The second kappa shape index (κ2) is 4.83. The molecule has 1 aromatic rings. The van der Waals surface area contributed by atoms with Gasteiger partial charge >= 0.3 is 12.5 Å². The smallest absolute Gasteiger partial charge is 0.320 e. The monoisotopic (exact) mass is 219 g/mol. The van der Waals surface area contributed by atoms with Gasteiger partial charge in [-0.1, -0.05) is 0 Å². The summed E-state index contributed by atoms with van der Waals surface area (Å²) >= 11 is 0. The zero-order valence-electron chi connectivity index (χ0n) is 8.02. The topological polar surface area (TPSA) is 67.2 Å². The predicted octanol–water partition coefficient (Wildman–Crippen LogP) is 0.841. The van der Waals surface area contributed by atoms with Crippen molar-refractivity contribution in [1.82, 2.24) is 14.9 Å². The fourth-order valence-electron chi connectivity index (χ4n) is 0.990. The molecule has 0 radical (unpaired) electrons. The van der Waals surface area contributed by atoms with Crippen molar-refractivity contribution in [3.05, 3.63) is 18.2 Å². The Hall–Kier alpha value is -1.50. The van der Waals surface area contributed by atoms with Crippen LogP contribution in [0.15, 0.2) is 12.4 Å². The standard InChI is InChI=1S/C8H11F2N3O2/c1-5(7(14)15)12-4-6-11-2-3-13(6)8(9)10/h2-3,5,8,12H,4H2,1H3,(H,14,15)/t5-/m0/s1. The van der Waals surface area contributed by atoms with E-state index in [2.05, 4.69) is 10.3 Å². The molecule has 0 bridgehead atoms. The molecule has 0 saturated heterocycles. The number of alkyl halides is 2. The summed E-state index contributed by atoms with van der Waals surface area (Å²) in [5.74, 6) is -0.928. The number of nitrogens with one attached hydrogen (secondary N) is 1. The van der Waals surface area contributed by atoms with E-state index < -0.39 is 18.6 Å². The number of aromatic nitrogens is 2. The molecular weight excluding hydrogens is 208 g/mol. The number of hydrogen-bond acceptors (Lipinski definition) is 3. The van der Waals surface area contributed by atoms with Gasteiger partial charge in [0.15, 0.2) is 0 Å². The molecule has 84 valence electrons. The molecule has 5 nitrogen and oxygen atoms in total. The van der Waals surface area contributed by atoms with E-state index in [-0.39, 0.29) is 12.4 Å². The number of aliphatic carboxylic acids is 1. The zero-order chi connectivity index (χ0) is 11.4. The number of carbonyl (C=O) groups is 1. The summed E-state index contributed by atoms with van der Waals surface area (Å²) in [6.07, 6.45) is 2.39. The number of carboxylic acid groups (broad SMARTS) is 1. The van der Waals surface area contributed by atoms with Gasteiger partial charge < -0.3 is 5.11 Å². The molecular formula is C8H11F2N3O2. The van der Waals surface area contributed by atoms with Crippen LogP contribution in [0, 0.1) is 0 Å². The van der Waals surface area contributed by atoms with Crippen LogP contribution in [0.2, 0.25) is 0 Å². The van der Waals surface area contributed by atoms with Crippen molar-refractivity contribution in [2.24, 2.45) is 0 Å². The molecule has 0 fully saturated rings. The lowest BCUT2D eigenvalue weighted by molar-refractivity contribution is -0.139. The minimum Gasteiger partial charge on any atom is -0.480 e. The Morgan fingerprint density at radius 3 is 2.93 bits per heavy atom. The summed E-state index contributed by atoms with van der Waals surface area (Å²) < 4.78 is 25.3. The number of hydrogen-bond donors (Lipinski definition) is 2. The number of imidazole rings is 1. The van der Waals surface area contributed by atoms with Crippen molar-refractivity contribution >= 4 is 5.97 Å².